The number of nitro groups is 1. The lowest BCUT2D eigenvalue weighted by molar-refractivity contribution is -0.385. The number of fused-ring (bicyclic) bond motifs is 1. The van der Waals surface area contributed by atoms with Crippen LogP contribution in [0.4, 0.5) is 5.69 Å². The molecule has 3 N–H and O–H groups in total. The van der Waals surface area contributed by atoms with E-state index in [1.54, 1.807) is 19.4 Å². The first-order chi connectivity index (χ1) is 10.3. The molecule has 1 aromatic carbocycles. The summed E-state index contributed by atoms with van der Waals surface area (Å²) in [4.78, 5) is 22.7. The van der Waals surface area contributed by atoms with Crippen LogP contribution in [0.5, 0.6) is 0 Å². The van der Waals surface area contributed by atoms with Gasteiger partial charge in [-0.1, -0.05) is 0 Å². The van der Waals surface area contributed by atoms with Gasteiger partial charge in [0.05, 0.1) is 20.7 Å². The van der Waals surface area contributed by atoms with Gasteiger partial charge >= 0.3 is 5.97 Å². The van der Waals surface area contributed by atoms with Crippen LogP contribution in [0.15, 0.2) is 17.0 Å². The Morgan fingerprint density at radius 1 is 1.55 bits per heavy atom. The molecule has 0 saturated heterocycles. The third kappa shape index (κ3) is 2.55. The molecule has 0 spiro atoms. The number of benzene rings is 1. The van der Waals surface area contributed by atoms with E-state index in [1.807, 2.05) is 17.6 Å². The van der Waals surface area contributed by atoms with Crippen molar-refractivity contribution in [3.63, 3.8) is 0 Å². The van der Waals surface area contributed by atoms with E-state index in [2.05, 4.69) is 0 Å². The minimum absolute atomic E-state index is 0.0151. The van der Waals surface area contributed by atoms with Gasteiger partial charge in [-0.15, -0.1) is 11.8 Å². The lowest BCUT2D eigenvalue weighted by atomic mass is 10.0. The molecule has 0 fully saturated rings. The van der Waals surface area contributed by atoms with E-state index >= 15 is 0 Å². The lowest BCUT2D eigenvalue weighted by Crippen LogP contribution is -2.32. The van der Waals surface area contributed by atoms with Crippen molar-refractivity contribution >= 4 is 34.3 Å². The molecule has 2 aromatic rings. The number of aryl methyl sites for hydroxylation is 1. The summed E-state index contributed by atoms with van der Waals surface area (Å²) in [5.41, 5.74) is 7.75. The van der Waals surface area contributed by atoms with Crippen molar-refractivity contribution in [1.29, 1.82) is 0 Å². The fourth-order valence-corrected chi connectivity index (χ4v) is 3.18. The van der Waals surface area contributed by atoms with Crippen molar-refractivity contribution < 1.29 is 14.8 Å². The molecule has 0 aliphatic heterocycles. The Kier molecular flexibility index (Phi) is 4.43. The van der Waals surface area contributed by atoms with E-state index in [1.165, 1.54) is 11.8 Å². The number of carboxylic acid groups (broad SMARTS) is 1. The highest BCUT2D eigenvalue weighted by molar-refractivity contribution is 7.98. The second-order valence-corrected chi connectivity index (χ2v) is 5.89. The lowest BCUT2D eigenvalue weighted by Gasteiger charge is -2.08. The first-order valence-corrected chi connectivity index (χ1v) is 7.79. The highest BCUT2D eigenvalue weighted by Gasteiger charge is 2.27. The summed E-state index contributed by atoms with van der Waals surface area (Å²) in [6.07, 6.45) is 1.82. The van der Waals surface area contributed by atoms with Gasteiger partial charge in [-0.05, 0) is 30.9 Å². The molecule has 0 saturated carbocycles. The Bertz CT molecular complexity index is 769. The Balaban J connectivity index is 2.82. The molecule has 0 aliphatic carbocycles. The van der Waals surface area contributed by atoms with E-state index in [0.29, 0.717) is 21.4 Å². The number of hydrogen-bond acceptors (Lipinski definition) is 5. The molecule has 0 bridgehead atoms. The van der Waals surface area contributed by atoms with E-state index in [9.17, 15) is 14.9 Å². The number of aliphatic carboxylic acids is 1. The third-order valence-electron chi connectivity index (χ3n) is 3.87. The van der Waals surface area contributed by atoms with E-state index < -0.39 is 16.9 Å². The van der Waals surface area contributed by atoms with Crippen molar-refractivity contribution in [3.05, 3.63) is 33.5 Å². The Morgan fingerprint density at radius 2 is 2.18 bits per heavy atom. The monoisotopic (exact) mass is 323 g/mol. The quantitative estimate of drug-likeness (QED) is 0.495. The van der Waals surface area contributed by atoms with Gasteiger partial charge < -0.3 is 15.4 Å². The maximum absolute atomic E-state index is 11.5. The molecule has 1 atom stereocenters. The molecular weight excluding hydrogens is 306 g/mol. The molecule has 8 heteroatoms. The van der Waals surface area contributed by atoms with Crippen LogP contribution in [-0.2, 0) is 18.3 Å². The van der Waals surface area contributed by atoms with Crippen molar-refractivity contribution in [2.45, 2.75) is 24.3 Å². The molecular formula is C14H17N3O4S. The highest BCUT2D eigenvalue weighted by atomic mass is 32.2. The maximum atomic E-state index is 11.5. The van der Waals surface area contributed by atoms with Gasteiger partial charge in [0.1, 0.15) is 6.04 Å². The second-order valence-electron chi connectivity index (χ2n) is 5.04. The van der Waals surface area contributed by atoms with Crippen LogP contribution in [-0.4, -0.2) is 32.9 Å². The zero-order chi connectivity index (χ0) is 16.6. The molecule has 0 radical (unpaired) electrons. The maximum Gasteiger partial charge on any atom is 0.320 e. The summed E-state index contributed by atoms with van der Waals surface area (Å²) < 4.78 is 1.83. The van der Waals surface area contributed by atoms with Gasteiger partial charge in [0.2, 0.25) is 0 Å². The van der Waals surface area contributed by atoms with E-state index in [0.717, 1.165) is 5.69 Å². The van der Waals surface area contributed by atoms with Gasteiger partial charge in [0.15, 0.2) is 0 Å². The summed E-state index contributed by atoms with van der Waals surface area (Å²) >= 11 is 1.29. The highest BCUT2D eigenvalue weighted by Crippen LogP contribution is 2.39. The van der Waals surface area contributed by atoms with Gasteiger partial charge in [-0.2, -0.15) is 0 Å². The van der Waals surface area contributed by atoms with Crippen LogP contribution in [0.3, 0.4) is 0 Å². The van der Waals surface area contributed by atoms with Crippen molar-refractivity contribution in [2.75, 3.05) is 6.26 Å². The van der Waals surface area contributed by atoms with Gasteiger partial charge in [-0.3, -0.25) is 14.9 Å². The molecule has 1 unspecified atom stereocenters. The zero-order valence-corrected chi connectivity index (χ0v) is 13.3. The van der Waals surface area contributed by atoms with Gasteiger partial charge in [-0.25, -0.2) is 0 Å². The summed E-state index contributed by atoms with van der Waals surface area (Å²) in [5, 5.41) is 21.0. The molecule has 1 aromatic heterocycles. The number of nitrogens with zero attached hydrogens (tertiary/aromatic N) is 2. The normalized spacial score (nSPS) is 12.5. The van der Waals surface area contributed by atoms with Gasteiger partial charge in [0, 0.05) is 19.2 Å². The molecule has 7 nitrogen and oxygen atoms in total. The molecule has 0 aliphatic rings. The topological polar surface area (TPSA) is 111 Å². The number of carboxylic acids is 1. The SMILES string of the molecule is CSc1ccc2c(c(CC(N)C(=O)O)c(C)n2C)c1[N+](=O)[O-]. The van der Waals surface area contributed by atoms with E-state index in [4.69, 9.17) is 10.8 Å². The van der Waals surface area contributed by atoms with Crippen LogP contribution in [0.25, 0.3) is 10.9 Å². The van der Waals surface area contributed by atoms with Crippen LogP contribution >= 0.6 is 11.8 Å². The second kappa shape index (κ2) is 5.98. The number of thioether (sulfide) groups is 1. The number of aromatic nitrogens is 1. The van der Waals surface area contributed by atoms with Crippen LogP contribution < -0.4 is 5.73 Å². The minimum Gasteiger partial charge on any atom is -0.480 e. The molecule has 1 heterocycles. The Hall–Kier alpha value is -2.06. The molecule has 2 rings (SSSR count). The number of hydrogen-bond donors (Lipinski definition) is 2. The number of rotatable bonds is 5. The largest absolute Gasteiger partial charge is 0.480 e. The number of carbonyl (C=O) groups is 1. The van der Waals surface area contributed by atoms with Crippen LogP contribution in [0, 0.1) is 17.0 Å². The third-order valence-corrected chi connectivity index (χ3v) is 4.63. The number of nitrogens with two attached hydrogens (primary N) is 1. The summed E-state index contributed by atoms with van der Waals surface area (Å²) in [5.74, 6) is -1.12. The first kappa shape index (κ1) is 16.3. The van der Waals surface area contributed by atoms with E-state index in [-0.39, 0.29) is 12.1 Å². The average molecular weight is 323 g/mol. The number of nitro benzene ring substituents is 1. The predicted octanol–water partition coefficient (Wildman–Crippen LogP) is 2.07. The minimum atomic E-state index is -1.12. The average Bonchev–Trinajstić information content (AvgIpc) is 2.70. The zero-order valence-electron chi connectivity index (χ0n) is 12.5. The molecule has 22 heavy (non-hydrogen) atoms. The van der Waals surface area contributed by atoms with Crippen LogP contribution in [0.2, 0.25) is 0 Å². The summed E-state index contributed by atoms with van der Waals surface area (Å²) in [7, 11) is 1.80. The van der Waals surface area contributed by atoms with Crippen molar-refractivity contribution in [3.8, 4) is 0 Å². The van der Waals surface area contributed by atoms with Gasteiger partial charge in [0.25, 0.3) is 5.69 Å². The standard InChI is InChI=1S/C14H17N3O4S/c1-7-8(6-9(15)14(18)19)12-10(16(7)2)4-5-11(22-3)13(12)17(20)21/h4-5,9H,6,15H2,1-3H3,(H,18,19). The summed E-state index contributed by atoms with van der Waals surface area (Å²) in [6.45, 7) is 1.81. The Labute approximate surface area is 131 Å². The fourth-order valence-electron chi connectivity index (χ4n) is 2.61. The summed E-state index contributed by atoms with van der Waals surface area (Å²) in [6, 6.07) is 2.43. The van der Waals surface area contributed by atoms with Crippen molar-refractivity contribution in [2.24, 2.45) is 12.8 Å². The first-order valence-electron chi connectivity index (χ1n) is 6.57. The van der Waals surface area contributed by atoms with Crippen LogP contribution in [0.1, 0.15) is 11.3 Å². The smallest absolute Gasteiger partial charge is 0.320 e. The fraction of sp³-hybridized carbons (Fsp3) is 0.357. The molecule has 0 amide bonds. The Morgan fingerprint density at radius 3 is 2.68 bits per heavy atom. The predicted molar refractivity (Wildman–Crippen MR) is 85.4 cm³/mol. The van der Waals surface area contributed by atoms with Crippen molar-refractivity contribution in [1.82, 2.24) is 4.57 Å². The molecule has 118 valence electrons.